The van der Waals surface area contributed by atoms with Crippen LogP contribution in [0.25, 0.3) is 0 Å². The summed E-state index contributed by atoms with van der Waals surface area (Å²) in [6.45, 7) is 3.72. The second kappa shape index (κ2) is 7.28. The Kier molecular flexibility index (Phi) is 5.11. The minimum Gasteiger partial charge on any atom is -0.271 e. The minimum absolute atomic E-state index is 0.162. The molecule has 24 heavy (non-hydrogen) atoms. The summed E-state index contributed by atoms with van der Waals surface area (Å²) < 4.78 is 0. The molecule has 0 fully saturated rings. The number of nitrogens with zero attached hydrogens (tertiary/aromatic N) is 1. The van der Waals surface area contributed by atoms with Crippen LogP contribution in [0.4, 0.5) is 0 Å². The molecule has 1 aliphatic heterocycles. The Hall–Kier alpha value is -1.98. The number of thioether (sulfide) groups is 2. The van der Waals surface area contributed by atoms with Gasteiger partial charge in [0.15, 0.2) is 0 Å². The number of hydrogen-bond acceptors (Lipinski definition) is 4. The number of carbonyl (C=O) groups excluding carboxylic acids is 2. The van der Waals surface area contributed by atoms with Crippen LogP contribution in [0.2, 0.25) is 0 Å². The molecule has 0 spiro atoms. The zero-order chi connectivity index (χ0) is 17.1. The second-order valence-electron chi connectivity index (χ2n) is 5.56. The van der Waals surface area contributed by atoms with Crippen molar-refractivity contribution in [2.24, 2.45) is 0 Å². The van der Waals surface area contributed by atoms with Gasteiger partial charge in [-0.05, 0) is 38.1 Å². The summed E-state index contributed by atoms with van der Waals surface area (Å²) in [6.07, 6.45) is 0. The molecule has 2 amide bonds. The van der Waals surface area contributed by atoms with E-state index in [1.807, 2.05) is 74.5 Å². The first kappa shape index (κ1) is 16.9. The standard InChI is InChI=1S/C19H17NO2S2/c1-13(2)20-18(21)16(23-14-9-5-3-6-10-14)17(19(20)22)24-15-11-7-4-8-12-15/h3-13H,1-2H3. The average molecular weight is 355 g/mol. The zero-order valence-electron chi connectivity index (χ0n) is 13.4. The third-order valence-corrected chi connectivity index (χ3v) is 5.79. The van der Waals surface area contributed by atoms with Gasteiger partial charge in [0.2, 0.25) is 0 Å². The van der Waals surface area contributed by atoms with Gasteiger partial charge in [0.05, 0.1) is 9.81 Å². The molecule has 0 saturated heterocycles. The lowest BCUT2D eigenvalue weighted by Crippen LogP contribution is -2.37. The van der Waals surface area contributed by atoms with E-state index in [1.54, 1.807) is 0 Å². The van der Waals surface area contributed by atoms with E-state index in [-0.39, 0.29) is 17.9 Å². The average Bonchev–Trinajstić information content (AvgIpc) is 2.81. The number of carbonyl (C=O) groups is 2. The molecule has 3 nitrogen and oxygen atoms in total. The van der Waals surface area contributed by atoms with Gasteiger partial charge in [0, 0.05) is 15.8 Å². The van der Waals surface area contributed by atoms with Crippen molar-refractivity contribution in [2.45, 2.75) is 29.7 Å². The van der Waals surface area contributed by atoms with Gasteiger partial charge in [0.25, 0.3) is 11.8 Å². The predicted octanol–water partition coefficient (Wildman–Crippen LogP) is 4.56. The molecule has 0 unspecified atom stereocenters. The van der Waals surface area contributed by atoms with E-state index in [0.717, 1.165) is 9.79 Å². The monoisotopic (exact) mass is 355 g/mol. The summed E-state index contributed by atoms with van der Waals surface area (Å²) in [5, 5.41) is 0. The molecule has 3 rings (SSSR count). The first-order valence-corrected chi connectivity index (χ1v) is 9.29. The molecule has 2 aromatic carbocycles. The van der Waals surface area contributed by atoms with Crippen LogP contribution in [0.5, 0.6) is 0 Å². The number of hydrogen-bond donors (Lipinski definition) is 0. The fourth-order valence-electron chi connectivity index (χ4n) is 2.37. The number of amides is 2. The van der Waals surface area contributed by atoms with E-state index < -0.39 is 0 Å². The lowest BCUT2D eigenvalue weighted by molar-refractivity contribution is -0.138. The smallest absolute Gasteiger partial charge is 0.269 e. The summed E-state index contributed by atoms with van der Waals surface area (Å²) in [4.78, 5) is 29.8. The van der Waals surface area contributed by atoms with Crippen LogP contribution in [0, 0.1) is 0 Å². The molecule has 1 aliphatic rings. The molecular formula is C19H17NO2S2. The first-order valence-electron chi connectivity index (χ1n) is 7.66. The Balaban J connectivity index is 1.98. The van der Waals surface area contributed by atoms with Gasteiger partial charge in [-0.3, -0.25) is 14.5 Å². The molecule has 122 valence electrons. The Bertz CT molecular complexity index is 722. The van der Waals surface area contributed by atoms with E-state index in [1.165, 1.54) is 28.4 Å². The fraction of sp³-hybridized carbons (Fsp3) is 0.158. The summed E-state index contributed by atoms with van der Waals surface area (Å²) in [7, 11) is 0. The van der Waals surface area contributed by atoms with Gasteiger partial charge in [0.1, 0.15) is 0 Å². The largest absolute Gasteiger partial charge is 0.271 e. The molecule has 1 heterocycles. The van der Waals surface area contributed by atoms with Crippen LogP contribution >= 0.6 is 23.5 Å². The highest BCUT2D eigenvalue weighted by molar-refractivity contribution is 8.08. The van der Waals surface area contributed by atoms with Crippen molar-refractivity contribution in [3.8, 4) is 0 Å². The van der Waals surface area contributed by atoms with Crippen molar-refractivity contribution in [2.75, 3.05) is 0 Å². The summed E-state index contributed by atoms with van der Waals surface area (Å²) >= 11 is 2.72. The maximum absolute atomic E-state index is 12.8. The maximum Gasteiger partial charge on any atom is 0.269 e. The number of benzene rings is 2. The summed E-state index contributed by atoms with van der Waals surface area (Å²) in [5.41, 5.74) is 0. The fourth-order valence-corrected chi connectivity index (χ4v) is 4.41. The van der Waals surface area contributed by atoms with Crippen LogP contribution in [-0.2, 0) is 9.59 Å². The molecule has 0 aliphatic carbocycles. The summed E-state index contributed by atoms with van der Waals surface area (Å²) in [5.74, 6) is -0.412. The highest BCUT2D eigenvalue weighted by Crippen LogP contribution is 2.42. The van der Waals surface area contributed by atoms with Crippen LogP contribution in [0.15, 0.2) is 80.3 Å². The van der Waals surface area contributed by atoms with E-state index in [2.05, 4.69) is 0 Å². The molecule has 5 heteroatoms. The molecule has 0 radical (unpaired) electrons. The van der Waals surface area contributed by atoms with Crippen molar-refractivity contribution in [1.29, 1.82) is 0 Å². The Morgan fingerprint density at radius 3 is 1.42 bits per heavy atom. The normalized spacial score (nSPS) is 14.9. The van der Waals surface area contributed by atoms with E-state index in [4.69, 9.17) is 0 Å². The number of imide groups is 1. The first-order chi connectivity index (χ1) is 11.6. The molecule has 0 aromatic heterocycles. The van der Waals surface area contributed by atoms with Crippen molar-refractivity contribution >= 4 is 35.3 Å². The SMILES string of the molecule is CC(C)N1C(=O)C(Sc2ccccc2)=C(Sc2ccccc2)C1=O. The van der Waals surface area contributed by atoms with Crippen molar-refractivity contribution in [3.05, 3.63) is 70.5 Å². The van der Waals surface area contributed by atoms with Crippen molar-refractivity contribution in [1.82, 2.24) is 4.90 Å². The van der Waals surface area contributed by atoms with Crippen molar-refractivity contribution in [3.63, 3.8) is 0 Å². The predicted molar refractivity (Wildman–Crippen MR) is 98.6 cm³/mol. The highest BCUT2D eigenvalue weighted by Gasteiger charge is 2.40. The molecular weight excluding hydrogens is 338 g/mol. The zero-order valence-corrected chi connectivity index (χ0v) is 15.1. The van der Waals surface area contributed by atoms with E-state index in [0.29, 0.717) is 9.81 Å². The lowest BCUT2D eigenvalue weighted by atomic mass is 10.3. The lowest BCUT2D eigenvalue weighted by Gasteiger charge is -2.19. The van der Waals surface area contributed by atoms with Gasteiger partial charge in [-0.2, -0.15) is 0 Å². The van der Waals surface area contributed by atoms with E-state index >= 15 is 0 Å². The van der Waals surface area contributed by atoms with Gasteiger partial charge >= 0.3 is 0 Å². The second-order valence-corrected chi connectivity index (χ2v) is 7.73. The van der Waals surface area contributed by atoms with Crippen LogP contribution < -0.4 is 0 Å². The summed E-state index contributed by atoms with van der Waals surface area (Å²) in [6, 6.07) is 19.2. The van der Waals surface area contributed by atoms with E-state index in [9.17, 15) is 9.59 Å². The van der Waals surface area contributed by atoms with Crippen LogP contribution in [0.1, 0.15) is 13.8 Å². The Morgan fingerprint density at radius 2 is 1.08 bits per heavy atom. The number of rotatable bonds is 5. The molecule has 2 aromatic rings. The van der Waals surface area contributed by atoms with Gasteiger partial charge in [-0.15, -0.1) is 0 Å². The maximum atomic E-state index is 12.8. The minimum atomic E-state index is -0.206. The van der Waals surface area contributed by atoms with Crippen LogP contribution in [0.3, 0.4) is 0 Å². The van der Waals surface area contributed by atoms with Crippen molar-refractivity contribution < 1.29 is 9.59 Å². The van der Waals surface area contributed by atoms with Gasteiger partial charge in [-0.25, -0.2) is 0 Å². The van der Waals surface area contributed by atoms with Gasteiger partial charge in [-0.1, -0.05) is 59.9 Å². The third kappa shape index (κ3) is 3.42. The molecule has 0 bridgehead atoms. The quantitative estimate of drug-likeness (QED) is 0.737. The topological polar surface area (TPSA) is 37.4 Å². The Labute approximate surface area is 150 Å². The molecule has 0 N–H and O–H groups in total. The third-order valence-electron chi connectivity index (χ3n) is 3.47. The van der Waals surface area contributed by atoms with Gasteiger partial charge < -0.3 is 0 Å². The molecule has 0 atom stereocenters. The Morgan fingerprint density at radius 1 is 0.708 bits per heavy atom. The van der Waals surface area contributed by atoms with Crippen LogP contribution in [-0.4, -0.2) is 22.8 Å². The molecule has 0 saturated carbocycles. The highest BCUT2D eigenvalue weighted by atomic mass is 32.2.